The average molecular weight is 1010 g/mol. The number of allylic oxidation sites excluding steroid dienone is 2. The number of nitrogens with one attached hydrogen (secondary N) is 2. The molecule has 0 bridgehead atoms. The minimum atomic E-state index is -0.902. The predicted molar refractivity (Wildman–Crippen MR) is 273 cm³/mol. The van der Waals surface area contributed by atoms with Gasteiger partial charge in [0.2, 0.25) is 18.0 Å². The Morgan fingerprint density at radius 1 is 0.743 bits per heavy atom. The molecule has 3 saturated heterocycles. The van der Waals surface area contributed by atoms with Gasteiger partial charge >= 0.3 is 12.2 Å². The van der Waals surface area contributed by atoms with Crippen LogP contribution in [0.1, 0.15) is 100 Å². The number of likely N-dealkylation sites (tertiary alicyclic amines) is 2. The summed E-state index contributed by atoms with van der Waals surface area (Å²) in [5.74, 6) is -1.02. The van der Waals surface area contributed by atoms with Crippen LogP contribution in [-0.2, 0) is 30.2 Å². The molecule has 5 atom stereocenters. The summed E-state index contributed by atoms with van der Waals surface area (Å²) in [7, 11) is 2.55. The Kier molecular flexibility index (Phi) is 13.5. The number of benzene rings is 3. The number of carbonyl (C=O) groups is 4. The minimum absolute atomic E-state index is 0.00274. The molecule has 1 unspecified atom stereocenters. The zero-order valence-electron chi connectivity index (χ0n) is 42.1. The Hall–Kier alpha value is -7.08. The molecule has 3 aromatic carbocycles. The summed E-state index contributed by atoms with van der Waals surface area (Å²) in [5.41, 5.74) is 6.75. The van der Waals surface area contributed by atoms with Gasteiger partial charge in [0.15, 0.2) is 5.82 Å². The Labute approximate surface area is 427 Å². The van der Waals surface area contributed by atoms with Crippen LogP contribution >= 0.6 is 0 Å². The number of aromatic nitrogens is 1. The first-order valence-corrected chi connectivity index (χ1v) is 25.9. The number of aryl methyl sites for hydroxylation is 1. The zero-order chi connectivity index (χ0) is 51.4. The zero-order valence-corrected chi connectivity index (χ0v) is 42.1. The van der Waals surface area contributed by atoms with E-state index in [1.807, 2.05) is 49.1 Å². The molecule has 18 heteroatoms. The standard InChI is InChI=1S/C56H61F2N7O9/c1-30(2)49(61-55(68)70-3)52(66)63-17-5-9-43(63)41-25-37(29-60-41)35-23-39(57)47-46(27-35)74-54(34-12-11-31-8-7-19-73-45(31)26-34)65-42-14-13-33(22-38(42)48(58)51(47)65)36-24-40(59-28-36)44-10-6-18-64(44)53(67)50(62-56(69)71-4)32-15-20-72-21-16-32/h11-14,22-23,26-30,32,43-44,49-50,54H,5-10,15-21,24-25H2,1-4H3,(H,61,68)(H,62,69)/t43-,44-,49-,50-,54?/m0/s1. The van der Waals surface area contributed by atoms with Crippen molar-refractivity contribution < 1.29 is 51.6 Å². The van der Waals surface area contributed by atoms with Crippen LogP contribution in [0.25, 0.3) is 33.3 Å². The summed E-state index contributed by atoms with van der Waals surface area (Å²) < 4.78 is 64.7. The average Bonchev–Trinajstić information content (AvgIpc) is 4.30. The molecule has 0 radical (unpaired) electrons. The summed E-state index contributed by atoms with van der Waals surface area (Å²) in [6, 6.07) is 12.5. The number of halogens is 2. The fourth-order valence-electron chi connectivity index (χ4n) is 12.0. The Bertz CT molecular complexity index is 3070. The van der Waals surface area contributed by atoms with E-state index in [1.54, 1.807) is 34.0 Å². The van der Waals surface area contributed by atoms with Crippen LogP contribution in [0.15, 0.2) is 70.9 Å². The fraction of sp³-hybridized carbons (Fsp3) is 0.464. The maximum absolute atomic E-state index is 17.6. The quantitative estimate of drug-likeness (QED) is 0.149. The molecule has 74 heavy (non-hydrogen) atoms. The van der Waals surface area contributed by atoms with Gasteiger partial charge in [0.05, 0.1) is 49.7 Å². The van der Waals surface area contributed by atoms with Gasteiger partial charge in [-0.2, -0.15) is 0 Å². The Balaban J connectivity index is 0.881. The second-order valence-corrected chi connectivity index (χ2v) is 20.6. The van der Waals surface area contributed by atoms with Crippen LogP contribution in [0.3, 0.4) is 0 Å². The summed E-state index contributed by atoms with van der Waals surface area (Å²) >= 11 is 0. The van der Waals surface area contributed by atoms with Crippen molar-refractivity contribution >= 4 is 57.5 Å². The van der Waals surface area contributed by atoms with Gasteiger partial charge in [-0.15, -0.1) is 0 Å². The van der Waals surface area contributed by atoms with Crippen LogP contribution < -0.4 is 20.1 Å². The van der Waals surface area contributed by atoms with Crippen molar-refractivity contribution in [3.63, 3.8) is 0 Å². The number of aliphatic imine (C=N–C) groups is 2. The van der Waals surface area contributed by atoms with E-state index in [0.29, 0.717) is 88.1 Å². The number of carbonyl (C=O) groups excluding carboxylic acids is 4. The van der Waals surface area contributed by atoms with Gasteiger partial charge < -0.3 is 44.1 Å². The topological polar surface area (TPSA) is 175 Å². The molecule has 0 spiro atoms. The monoisotopic (exact) mass is 1010 g/mol. The molecule has 3 fully saturated rings. The molecule has 2 N–H and O–H groups in total. The van der Waals surface area contributed by atoms with E-state index in [0.717, 1.165) is 65.1 Å². The van der Waals surface area contributed by atoms with Gasteiger partial charge in [-0.1, -0.05) is 32.0 Å². The first-order chi connectivity index (χ1) is 35.9. The highest BCUT2D eigenvalue weighted by atomic mass is 19.1. The molecule has 0 saturated carbocycles. The van der Waals surface area contributed by atoms with Gasteiger partial charge in [-0.05, 0) is 121 Å². The molecule has 11 rings (SSSR count). The van der Waals surface area contributed by atoms with Crippen LogP contribution in [0, 0.1) is 23.5 Å². The molecule has 7 aliphatic heterocycles. The van der Waals surface area contributed by atoms with Crippen LogP contribution in [0.4, 0.5) is 18.4 Å². The number of fused-ring (bicyclic) bond motifs is 6. The van der Waals surface area contributed by atoms with Gasteiger partial charge in [0, 0.05) is 73.9 Å². The molecule has 388 valence electrons. The van der Waals surface area contributed by atoms with E-state index in [1.165, 1.54) is 20.3 Å². The second-order valence-electron chi connectivity index (χ2n) is 20.6. The van der Waals surface area contributed by atoms with E-state index in [9.17, 15) is 19.2 Å². The molecular formula is C56H61F2N7O9. The molecule has 4 aromatic rings. The SMILES string of the molecule is COC(=O)N[C@H](C(=O)N1CCC[C@H]1C1=NC=C(c2cc(F)c3c(c2)OC(c2ccc4c(c2)OCCC4)n2c-3c(F)c3cc(C4=CN=C([C@@H]5CCCN5C(=O)[C@@H](NC(=O)OC)C5CCOCC5)C4)ccc32)C1)C(C)C. The van der Waals surface area contributed by atoms with Crippen molar-refractivity contribution in [2.45, 2.75) is 108 Å². The number of hydrogen-bond acceptors (Lipinski definition) is 11. The number of rotatable bonds is 11. The van der Waals surface area contributed by atoms with Gasteiger partial charge in [0.1, 0.15) is 29.4 Å². The highest BCUT2D eigenvalue weighted by molar-refractivity contribution is 6.06. The Morgan fingerprint density at radius 3 is 2.11 bits per heavy atom. The van der Waals surface area contributed by atoms with Crippen molar-refractivity contribution in [3.05, 3.63) is 94.8 Å². The molecule has 7 aliphatic rings. The summed E-state index contributed by atoms with van der Waals surface area (Å²) in [5, 5.41) is 5.79. The molecule has 0 aliphatic carbocycles. The molecule has 1 aromatic heterocycles. The van der Waals surface area contributed by atoms with Gasteiger partial charge in [-0.3, -0.25) is 24.1 Å². The Morgan fingerprint density at radius 2 is 1.42 bits per heavy atom. The largest absolute Gasteiger partial charge is 0.493 e. The van der Waals surface area contributed by atoms with Crippen molar-refractivity contribution in [1.29, 1.82) is 0 Å². The highest BCUT2D eigenvalue weighted by Gasteiger charge is 2.43. The third-order valence-electron chi connectivity index (χ3n) is 15.9. The third-order valence-corrected chi connectivity index (χ3v) is 15.9. The van der Waals surface area contributed by atoms with Crippen molar-refractivity contribution in [1.82, 2.24) is 25.0 Å². The lowest BCUT2D eigenvalue weighted by atomic mass is 9.90. The maximum Gasteiger partial charge on any atom is 0.407 e. The summed E-state index contributed by atoms with van der Waals surface area (Å²) in [6.45, 7) is 6.36. The normalized spacial score (nSPS) is 22.1. The van der Waals surface area contributed by atoms with E-state index in [4.69, 9.17) is 33.7 Å². The fourth-order valence-corrected chi connectivity index (χ4v) is 12.0. The lowest BCUT2D eigenvalue weighted by Gasteiger charge is -2.34. The van der Waals surface area contributed by atoms with Crippen molar-refractivity contribution in [2.24, 2.45) is 21.8 Å². The van der Waals surface area contributed by atoms with E-state index in [2.05, 4.69) is 10.6 Å². The first kappa shape index (κ1) is 49.1. The molecular weight excluding hydrogens is 953 g/mol. The minimum Gasteiger partial charge on any atom is -0.493 e. The highest BCUT2D eigenvalue weighted by Crippen LogP contribution is 2.50. The van der Waals surface area contributed by atoms with Gasteiger partial charge in [0.25, 0.3) is 0 Å². The van der Waals surface area contributed by atoms with Crippen molar-refractivity contribution in [3.8, 4) is 22.8 Å². The number of hydrogen-bond donors (Lipinski definition) is 2. The number of nitrogens with zero attached hydrogens (tertiary/aromatic N) is 5. The lowest BCUT2D eigenvalue weighted by Crippen LogP contribution is -2.55. The van der Waals surface area contributed by atoms with Crippen LogP contribution in [-0.4, -0.2) is 121 Å². The van der Waals surface area contributed by atoms with Crippen LogP contribution in [0.2, 0.25) is 0 Å². The van der Waals surface area contributed by atoms with Crippen LogP contribution in [0.5, 0.6) is 11.5 Å². The lowest BCUT2D eigenvalue weighted by molar-refractivity contribution is -0.135. The van der Waals surface area contributed by atoms with E-state index < -0.39 is 42.1 Å². The second kappa shape index (κ2) is 20.3. The third kappa shape index (κ3) is 8.97. The number of ether oxygens (including phenoxy) is 5. The molecule has 4 amide bonds. The summed E-state index contributed by atoms with van der Waals surface area (Å²) in [6.07, 6.45) is 8.02. The van der Waals surface area contributed by atoms with E-state index in [-0.39, 0.29) is 58.1 Å². The van der Waals surface area contributed by atoms with E-state index >= 15 is 8.78 Å². The number of methoxy groups -OCH3 is 2. The predicted octanol–water partition coefficient (Wildman–Crippen LogP) is 8.74. The number of alkyl carbamates (subject to hydrolysis) is 2. The smallest absolute Gasteiger partial charge is 0.407 e. The summed E-state index contributed by atoms with van der Waals surface area (Å²) in [4.78, 5) is 66.1. The maximum atomic E-state index is 17.6. The first-order valence-electron chi connectivity index (χ1n) is 25.9. The number of amides is 4. The van der Waals surface area contributed by atoms with Crippen molar-refractivity contribution in [2.75, 3.05) is 47.1 Å². The molecule has 16 nitrogen and oxygen atoms in total. The molecule has 8 heterocycles. The van der Waals surface area contributed by atoms with Gasteiger partial charge in [-0.25, -0.2) is 18.4 Å².